The van der Waals surface area contributed by atoms with Gasteiger partial charge >= 0.3 is 0 Å². The third-order valence-electron chi connectivity index (χ3n) is 3.22. The van der Waals surface area contributed by atoms with Crippen LogP contribution in [-0.2, 0) is 11.2 Å². The van der Waals surface area contributed by atoms with E-state index in [-0.39, 0.29) is 16.9 Å². The lowest BCUT2D eigenvalue weighted by atomic mass is 9.87. The van der Waals surface area contributed by atoms with Crippen LogP contribution in [0.1, 0.15) is 31.9 Å². The highest BCUT2D eigenvalue weighted by molar-refractivity contribution is 7.98. The molecule has 1 nitrogen and oxygen atoms in total. The maximum Gasteiger partial charge on any atom is 0.150 e. The minimum atomic E-state index is -0.300. The lowest BCUT2D eigenvalue weighted by molar-refractivity contribution is 0.590. The average molecular weight is 289 g/mol. The summed E-state index contributed by atoms with van der Waals surface area (Å²) in [5.74, 6) is 0.289. The molecule has 0 aromatic heterocycles. The molecule has 0 heterocycles. The smallest absolute Gasteiger partial charge is 0.150 e. The standard InChI is InChI=1S/C17H20FNS/c1-17(2,3)13-7-9-14(10-8-13)20-11-12-5-4-6-15(19)16(12)18/h4-10H,11,19H2,1-3H3. The van der Waals surface area contributed by atoms with Gasteiger partial charge in [-0.05, 0) is 29.2 Å². The summed E-state index contributed by atoms with van der Waals surface area (Å²) in [7, 11) is 0. The largest absolute Gasteiger partial charge is 0.396 e. The number of rotatable bonds is 3. The molecule has 0 amide bonds. The fraction of sp³-hybridized carbons (Fsp3) is 0.294. The number of benzene rings is 2. The van der Waals surface area contributed by atoms with Gasteiger partial charge in [0.1, 0.15) is 5.82 Å². The van der Waals surface area contributed by atoms with Gasteiger partial charge in [0.2, 0.25) is 0 Å². The quantitative estimate of drug-likeness (QED) is 0.636. The number of nitrogen functional groups attached to an aromatic ring is 1. The van der Waals surface area contributed by atoms with E-state index in [1.807, 2.05) is 0 Å². The lowest BCUT2D eigenvalue weighted by Crippen LogP contribution is -2.10. The molecule has 0 bridgehead atoms. The molecule has 2 aromatic carbocycles. The van der Waals surface area contributed by atoms with Crippen molar-refractivity contribution >= 4 is 17.4 Å². The van der Waals surface area contributed by atoms with Crippen LogP contribution in [0.3, 0.4) is 0 Å². The molecule has 0 fully saturated rings. The van der Waals surface area contributed by atoms with Gasteiger partial charge in [-0.1, -0.05) is 45.0 Å². The molecule has 2 aromatic rings. The summed E-state index contributed by atoms with van der Waals surface area (Å²) in [6.07, 6.45) is 0. The molecule has 0 atom stereocenters. The molecular formula is C17H20FNS. The highest BCUT2D eigenvalue weighted by Gasteiger charge is 2.13. The summed E-state index contributed by atoms with van der Waals surface area (Å²) in [4.78, 5) is 1.14. The number of hydrogen-bond acceptors (Lipinski definition) is 2. The highest BCUT2D eigenvalue weighted by atomic mass is 32.2. The van der Waals surface area contributed by atoms with E-state index in [4.69, 9.17) is 5.73 Å². The maximum atomic E-state index is 13.8. The Labute approximate surface area is 124 Å². The second kappa shape index (κ2) is 5.88. The predicted molar refractivity (Wildman–Crippen MR) is 85.5 cm³/mol. The Morgan fingerprint density at radius 2 is 1.70 bits per heavy atom. The molecule has 20 heavy (non-hydrogen) atoms. The molecule has 0 saturated carbocycles. The summed E-state index contributed by atoms with van der Waals surface area (Å²) in [5.41, 5.74) is 7.89. The van der Waals surface area contributed by atoms with Crippen molar-refractivity contribution in [2.24, 2.45) is 0 Å². The molecule has 2 N–H and O–H groups in total. The second-order valence-corrected chi connectivity index (χ2v) is 6.93. The average Bonchev–Trinajstić information content (AvgIpc) is 2.40. The molecule has 106 valence electrons. The Bertz CT molecular complexity index is 585. The van der Waals surface area contributed by atoms with Crippen molar-refractivity contribution in [3.05, 3.63) is 59.4 Å². The molecule has 2 rings (SSSR count). The topological polar surface area (TPSA) is 26.0 Å². The van der Waals surface area contributed by atoms with E-state index in [9.17, 15) is 4.39 Å². The Morgan fingerprint density at radius 1 is 1.05 bits per heavy atom. The van der Waals surface area contributed by atoms with Gasteiger partial charge in [-0.15, -0.1) is 11.8 Å². The molecule has 0 unspecified atom stereocenters. The number of nitrogens with two attached hydrogens (primary N) is 1. The van der Waals surface area contributed by atoms with E-state index in [1.165, 1.54) is 5.56 Å². The summed E-state index contributed by atoms with van der Waals surface area (Å²) in [5, 5.41) is 0. The summed E-state index contributed by atoms with van der Waals surface area (Å²) < 4.78 is 13.8. The van der Waals surface area contributed by atoms with Crippen LogP contribution in [0.5, 0.6) is 0 Å². The minimum Gasteiger partial charge on any atom is -0.396 e. The van der Waals surface area contributed by atoms with Crippen LogP contribution in [0, 0.1) is 5.82 Å². The summed E-state index contributed by atoms with van der Waals surface area (Å²) >= 11 is 1.62. The summed E-state index contributed by atoms with van der Waals surface area (Å²) in [6.45, 7) is 6.58. The van der Waals surface area contributed by atoms with E-state index in [2.05, 4.69) is 45.0 Å². The van der Waals surface area contributed by atoms with Crippen molar-refractivity contribution in [1.29, 1.82) is 0 Å². The van der Waals surface area contributed by atoms with Gasteiger partial charge in [-0.2, -0.15) is 0 Å². The number of hydrogen-bond donors (Lipinski definition) is 1. The van der Waals surface area contributed by atoms with Gasteiger partial charge in [0.05, 0.1) is 5.69 Å². The fourth-order valence-corrected chi connectivity index (χ4v) is 2.80. The molecule has 0 saturated heterocycles. The van der Waals surface area contributed by atoms with E-state index >= 15 is 0 Å². The van der Waals surface area contributed by atoms with Crippen molar-refractivity contribution < 1.29 is 4.39 Å². The summed E-state index contributed by atoms with van der Waals surface area (Å²) in [6, 6.07) is 13.6. The molecule has 0 aliphatic heterocycles. The highest BCUT2D eigenvalue weighted by Crippen LogP contribution is 2.28. The maximum absolute atomic E-state index is 13.8. The van der Waals surface area contributed by atoms with Crippen molar-refractivity contribution in [1.82, 2.24) is 0 Å². The Hall–Kier alpha value is -1.48. The Morgan fingerprint density at radius 3 is 2.30 bits per heavy atom. The van der Waals surface area contributed by atoms with Gasteiger partial charge in [0.15, 0.2) is 0 Å². The normalized spacial score (nSPS) is 11.6. The zero-order valence-electron chi connectivity index (χ0n) is 12.1. The van der Waals surface area contributed by atoms with Gasteiger partial charge in [0.25, 0.3) is 0 Å². The molecule has 0 aliphatic carbocycles. The van der Waals surface area contributed by atoms with Crippen LogP contribution in [0.15, 0.2) is 47.4 Å². The monoisotopic (exact) mass is 289 g/mol. The number of anilines is 1. The SMILES string of the molecule is CC(C)(C)c1ccc(SCc2cccc(N)c2F)cc1. The third-order valence-corrected chi connectivity index (χ3v) is 4.28. The first-order valence-electron chi connectivity index (χ1n) is 6.64. The molecular weight excluding hydrogens is 269 g/mol. The molecule has 0 radical (unpaired) electrons. The predicted octanol–water partition coefficient (Wildman–Crippen LogP) is 5.00. The van der Waals surface area contributed by atoms with Crippen LogP contribution < -0.4 is 5.73 Å². The van der Waals surface area contributed by atoms with Crippen molar-refractivity contribution in [2.45, 2.75) is 36.8 Å². The fourth-order valence-electron chi connectivity index (χ4n) is 1.92. The van der Waals surface area contributed by atoms with E-state index in [0.717, 1.165) is 4.90 Å². The van der Waals surface area contributed by atoms with Crippen molar-refractivity contribution in [3.8, 4) is 0 Å². The first-order valence-corrected chi connectivity index (χ1v) is 7.62. The van der Waals surface area contributed by atoms with Crippen molar-refractivity contribution in [3.63, 3.8) is 0 Å². The second-order valence-electron chi connectivity index (χ2n) is 5.88. The van der Waals surface area contributed by atoms with Gasteiger partial charge < -0.3 is 5.73 Å². The Kier molecular flexibility index (Phi) is 4.39. The Balaban J connectivity index is 2.06. The van der Waals surface area contributed by atoms with E-state index in [0.29, 0.717) is 11.3 Å². The zero-order valence-corrected chi connectivity index (χ0v) is 12.9. The molecule has 0 spiro atoms. The van der Waals surface area contributed by atoms with Crippen LogP contribution in [0.25, 0.3) is 0 Å². The third kappa shape index (κ3) is 3.54. The van der Waals surface area contributed by atoms with E-state index < -0.39 is 0 Å². The van der Waals surface area contributed by atoms with Crippen LogP contribution in [0.4, 0.5) is 10.1 Å². The van der Waals surface area contributed by atoms with Crippen LogP contribution in [0.2, 0.25) is 0 Å². The van der Waals surface area contributed by atoms with Crippen LogP contribution in [-0.4, -0.2) is 0 Å². The minimum absolute atomic E-state index is 0.156. The lowest BCUT2D eigenvalue weighted by Gasteiger charge is -2.19. The van der Waals surface area contributed by atoms with Crippen LogP contribution >= 0.6 is 11.8 Å². The van der Waals surface area contributed by atoms with Crippen molar-refractivity contribution in [2.75, 3.05) is 5.73 Å². The van der Waals surface area contributed by atoms with Gasteiger partial charge in [-0.25, -0.2) is 4.39 Å². The van der Waals surface area contributed by atoms with Gasteiger partial charge in [0, 0.05) is 16.2 Å². The van der Waals surface area contributed by atoms with Gasteiger partial charge in [-0.3, -0.25) is 0 Å². The van der Waals surface area contributed by atoms with E-state index in [1.54, 1.807) is 30.0 Å². The zero-order chi connectivity index (χ0) is 14.8. The first kappa shape index (κ1) is 14.9. The molecule has 3 heteroatoms. The molecule has 0 aliphatic rings. The number of halogens is 1. The number of thioether (sulfide) groups is 1. The first-order chi connectivity index (χ1) is 9.38.